The Labute approximate surface area is 132 Å². The van der Waals surface area contributed by atoms with E-state index in [1.165, 1.54) is 6.92 Å². The van der Waals surface area contributed by atoms with E-state index in [4.69, 9.17) is 11.6 Å². The van der Waals surface area contributed by atoms with Gasteiger partial charge in [-0.2, -0.15) is 5.10 Å². The predicted octanol–water partition coefficient (Wildman–Crippen LogP) is 3.41. The van der Waals surface area contributed by atoms with Gasteiger partial charge in [-0.25, -0.2) is 0 Å². The lowest BCUT2D eigenvalue weighted by molar-refractivity contribution is -0.124. The summed E-state index contributed by atoms with van der Waals surface area (Å²) >= 11 is 6.05. The summed E-state index contributed by atoms with van der Waals surface area (Å²) in [5.74, 6) is -1.23. The van der Waals surface area contributed by atoms with E-state index < -0.39 is 5.92 Å². The molecule has 0 bridgehead atoms. The largest absolute Gasteiger partial charge is 0.299 e. The second-order valence-electron chi connectivity index (χ2n) is 5.05. The summed E-state index contributed by atoms with van der Waals surface area (Å²) in [7, 11) is 0. The van der Waals surface area contributed by atoms with Gasteiger partial charge in [-0.1, -0.05) is 48.0 Å². The predicted molar refractivity (Wildman–Crippen MR) is 86.5 cm³/mol. The van der Waals surface area contributed by atoms with Gasteiger partial charge in [-0.05, 0) is 24.6 Å². The fourth-order valence-corrected chi connectivity index (χ4v) is 2.74. The first-order valence-corrected chi connectivity index (χ1v) is 7.19. The van der Waals surface area contributed by atoms with Crippen LogP contribution in [-0.4, -0.2) is 17.3 Å². The third-order valence-electron chi connectivity index (χ3n) is 3.59. The van der Waals surface area contributed by atoms with Crippen molar-refractivity contribution in [3.05, 3.63) is 64.7 Å². The summed E-state index contributed by atoms with van der Waals surface area (Å²) in [5.41, 5.74) is 5.07. The second kappa shape index (κ2) is 5.73. The molecule has 0 fully saturated rings. The average Bonchev–Trinajstić information content (AvgIpc) is 2.78. The molecular weight excluding hydrogens is 300 g/mol. The van der Waals surface area contributed by atoms with Crippen LogP contribution in [0.5, 0.6) is 0 Å². The molecule has 4 nitrogen and oxygen atoms in total. The van der Waals surface area contributed by atoms with Gasteiger partial charge in [-0.15, -0.1) is 0 Å². The van der Waals surface area contributed by atoms with E-state index in [2.05, 4.69) is 10.5 Å². The number of hydrazone groups is 1. The first-order valence-electron chi connectivity index (χ1n) is 6.82. The average molecular weight is 313 g/mol. The zero-order chi connectivity index (χ0) is 15.7. The van der Waals surface area contributed by atoms with Crippen LogP contribution in [0.4, 0.5) is 5.69 Å². The highest BCUT2D eigenvalue weighted by Gasteiger charge is 2.39. The van der Waals surface area contributed by atoms with E-state index in [9.17, 15) is 9.59 Å². The fourth-order valence-electron chi connectivity index (χ4n) is 2.56. The fraction of sp³-hybridized carbons (Fsp3) is 0.118. The van der Waals surface area contributed by atoms with Crippen LogP contribution in [0.15, 0.2) is 53.6 Å². The molecule has 110 valence electrons. The summed E-state index contributed by atoms with van der Waals surface area (Å²) in [4.78, 5) is 24.3. The number of ketones is 2. The molecule has 22 heavy (non-hydrogen) atoms. The number of anilines is 1. The number of Topliss-reactive ketones (excluding diaryl/α,β-unsaturated/α-hetero) is 2. The van der Waals surface area contributed by atoms with E-state index in [1.807, 2.05) is 24.3 Å². The number of hydrogen-bond donors (Lipinski definition) is 1. The molecule has 1 aliphatic rings. The third kappa shape index (κ3) is 2.42. The van der Waals surface area contributed by atoms with Gasteiger partial charge in [0.05, 0.1) is 10.7 Å². The monoisotopic (exact) mass is 312 g/mol. The van der Waals surface area contributed by atoms with Crippen molar-refractivity contribution in [2.75, 3.05) is 5.43 Å². The number of carbonyl (C=O) groups is 2. The molecule has 0 saturated carbocycles. The molecule has 0 aliphatic heterocycles. The lowest BCUT2D eigenvalue weighted by Crippen LogP contribution is -2.19. The molecule has 0 saturated heterocycles. The molecule has 2 aromatic carbocycles. The van der Waals surface area contributed by atoms with Gasteiger partial charge in [0.25, 0.3) is 0 Å². The number of benzene rings is 2. The third-order valence-corrected chi connectivity index (χ3v) is 3.92. The van der Waals surface area contributed by atoms with Gasteiger partial charge in [0.2, 0.25) is 0 Å². The highest BCUT2D eigenvalue weighted by atomic mass is 35.5. The van der Waals surface area contributed by atoms with Crippen molar-refractivity contribution >= 4 is 34.6 Å². The van der Waals surface area contributed by atoms with Crippen LogP contribution in [0.25, 0.3) is 0 Å². The molecule has 0 radical (unpaired) electrons. The highest BCUT2D eigenvalue weighted by Crippen LogP contribution is 2.31. The van der Waals surface area contributed by atoms with E-state index in [0.717, 1.165) is 0 Å². The topological polar surface area (TPSA) is 58.5 Å². The van der Waals surface area contributed by atoms with Crippen LogP contribution in [0.2, 0.25) is 5.02 Å². The van der Waals surface area contributed by atoms with E-state index >= 15 is 0 Å². The number of rotatable bonds is 3. The first kappa shape index (κ1) is 14.5. The number of fused-ring (bicyclic) bond motifs is 1. The molecule has 0 amide bonds. The Kier molecular flexibility index (Phi) is 3.77. The molecule has 1 aliphatic carbocycles. The number of nitrogens with zero attached hydrogens (tertiary/aromatic N) is 1. The Morgan fingerprint density at radius 1 is 1.14 bits per heavy atom. The van der Waals surface area contributed by atoms with Gasteiger partial charge in [-0.3, -0.25) is 15.0 Å². The van der Waals surface area contributed by atoms with E-state index in [1.54, 1.807) is 24.3 Å². The zero-order valence-corrected chi connectivity index (χ0v) is 12.6. The van der Waals surface area contributed by atoms with Crippen molar-refractivity contribution in [2.24, 2.45) is 5.10 Å². The molecule has 0 aromatic heterocycles. The van der Waals surface area contributed by atoms with Crippen LogP contribution in [0, 0.1) is 0 Å². The maximum absolute atomic E-state index is 12.5. The highest BCUT2D eigenvalue weighted by molar-refractivity contribution is 6.54. The SMILES string of the molecule is CC(=O)C1C(=O)/C(=N\Nc2ccccc2Cl)c2ccccc21. The van der Waals surface area contributed by atoms with Gasteiger partial charge < -0.3 is 0 Å². The van der Waals surface area contributed by atoms with Crippen molar-refractivity contribution in [1.82, 2.24) is 0 Å². The van der Waals surface area contributed by atoms with Crippen LogP contribution >= 0.6 is 11.6 Å². The Balaban J connectivity index is 2.01. The summed E-state index contributed by atoms with van der Waals surface area (Å²) in [5, 5.41) is 4.70. The Hall–Kier alpha value is -2.46. The van der Waals surface area contributed by atoms with Crippen LogP contribution in [0.3, 0.4) is 0 Å². The summed E-state index contributed by atoms with van der Waals surface area (Å²) in [6.07, 6.45) is 0. The van der Waals surface area contributed by atoms with Gasteiger partial charge in [0, 0.05) is 5.56 Å². The summed E-state index contributed by atoms with van der Waals surface area (Å²) in [6.45, 7) is 1.42. The standard InChI is InChI=1S/C17H13ClN2O2/c1-10(21)15-11-6-2-3-7-12(11)16(17(15)22)20-19-14-9-5-4-8-13(14)18/h2-9,15,19H,1H3/b20-16-. The van der Waals surface area contributed by atoms with Crippen molar-refractivity contribution < 1.29 is 9.59 Å². The minimum atomic E-state index is -0.761. The summed E-state index contributed by atoms with van der Waals surface area (Å²) < 4.78 is 0. The van der Waals surface area contributed by atoms with Crippen LogP contribution < -0.4 is 5.43 Å². The Morgan fingerprint density at radius 2 is 1.82 bits per heavy atom. The van der Waals surface area contributed by atoms with Crippen molar-refractivity contribution in [1.29, 1.82) is 0 Å². The Morgan fingerprint density at radius 3 is 2.55 bits per heavy atom. The van der Waals surface area contributed by atoms with Gasteiger partial charge in [0.1, 0.15) is 17.4 Å². The number of halogens is 1. The molecular formula is C17H13ClN2O2. The second-order valence-corrected chi connectivity index (χ2v) is 5.45. The number of para-hydroxylation sites is 1. The molecule has 3 rings (SSSR count). The van der Waals surface area contributed by atoms with Crippen molar-refractivity contribution in [2.45, 2.75) is 12.8 Å². The molecule has 2 aromatic rings. The zero-order valence-electron chi connectivity index (χ0n) is 11.8. The Bertz CT molecular complexity index is 799. The molecule has 1 unspecified atom stereocenters. The van der Waals surface area contributed by atoms with E-state index in [0.29, 0.717) is 21.8 Å². The molecule has 5 heteroatoms. The lowest BCUT2D eigenvalue weighted by atomic mass is 9.97. The molecule has 0 spiro atoms. The minimum absolute atomic E-state index is 0.180. The van der Waals surface area contributed by atoms with Gasteiger partial charge >= 0.3 is 0 Å². The number of carbonyl (C=O) groups excluding carboxylic acids is 2. The normalized spacial score (nSPS) is 18.4. The maximum atomic E-state index is 12.5. The van der Waals surface area contributed by atoms with Crippen LogP contribution in [-0.2, 0) is 9.59 Å². The smallest absolute Gasteiger partial charge is 0.198 e. The van der Waals surface area contributed by atoms with E-state index in [-0.39, 0.29) is 17.3 Å². The lowest BCUT2D eigenvalue weighted by Gasteiger charge is -2.04. The number of nitrogens with one attached hydrogen (secondary N) is 1. The molecule has 1 atom stereocenters. The minimum Gasteiger partial charge on any atom is -0.299 e. The van der Waals surface area contributed by atoms with Crippen molar-refractivity contribution in [3.8, 4) is 0 Å². The molecule has 0 heterocycles. The van der Waals surface area contributed by atoms with Crippen LogP contribution in [0.1, 0.15) is 24.0 Å². The van der Waals surface area contributed by atoms with Crippen molar-refractivity contribution in [3.63, 3.8) is 0 Å². The first-order chi connectivity index (χ1) is 10.6. The van der Waals surface area contributed by atoms with Gasteiger partial charge in [0.15, 0.2) is 5.78 Å². The number of hydrogen-bond acceptors (Lipinski definition) is 4. The quantitative estimate of drug-likeness (QED) is 0.698. The molecule has 1 N–H and O–H groups in total. The maximum Gasteiger partial charge on any atom is 0.198 e. The summed E-state index contributed by atoms with van der Waals surface area (Å²) in [6, 6.07) is 14.3.